The van der Waals surface area contributed by atoms with Gasteiger partial charge in [0, 0.05) is 18.0 Å². The first-order chi connectivity index (χ1) is 11.3. The molecule has 2 aromatic carbocycles. The summed E-state index contributed by atoms with van der Waals surface area (Å²) in [6.45, 7) is 0. The lowest BCUT2D eigenvalue weighted by Gasteiger charge is -2.13. The molecule has 24 heavy (non-hydrogen) atoms. The number of nitrogens with zero attached hydrogens (tertiary/aromatic N) is 1. The Morgan fingerprint density at radius 3 is 2.33 bits per heavy atom. The minimum Gasteiger partial charge on any atom is -0.477 e. The topological polar surface area (TPSA) is 59.3 Å². The summed E-state index contributed by atoms with van der Waals surface area (Å²) in [4.78, 5) is 23.4. The molecular formula is C16H7ClF3NO3. The van der Waals surface area contributed by atoms with Crippen LogP contribution < -0.4 is 5.43 Å². The second kappa shape index (κ2) is 5.68. The van der Waals surface area contributed by atoms with Crippen molar-refractivity contribution in [2.75, 3.05) is 0 Å². The summed E-state index contributed by atoms with van der Waals surface area (Å²) >= 11 is 5.70. The molecule has 0 aliphatic carbocycles. The standard InChI is InChI=1S/C16H7ClF3NO3/c17-10-3-7(1-2-11(10)18)21-6-9(16(23)24)15(22)8-4-12(19)13(20)5-14(8)21/h1-6H,(H,23,24). The van der Waals surface area contributed by atoms with Gasteiger partial charge in [0.25, 0.3) is 0 Å². The van der Waals surface area contributed by atoms with Crippen molar-refractivity contribution in [1.82, 2.24) is 4.57 Å². The summed E-state index contributed by atoms with van der Waals surface area (Å²) in [6.07, 6.45) is 0.952. The minimum atomic E-state index is -1.53. The third kappa shape index (κ3) is 2.52. The minimum absolute atomic E-state index is 0.0772. The fourth-order valence-electron chi connectivity index (χ4n) is 2.32. The highest BCUT2D eigenvalue weighted by Crippen LogP contribution is 2.24. The highest BCUT2D eigenvalue weighted by atomic mass is 35.5. The van der Waals surface area contributed by atoms with Gasteiger partial charge in [0.05, 0.1) is 15.9 Å². The molecular weight excluding hydrogens is 347 g/mol. The number of benzene rings is 2. The number of hydrogen-bond acceptors (Lipinski definition) is 2. The van der Waals surface area contributed by atoms with E-state index in [0.29, 0.717) is 6.07 Å². The first-order valence-electron chi connectivity index (χ1n) is 6.52. The number of carboxylic acid groups (broad SMARTS) is 1. The van der Waals surface area contributed by atoms with Crippen LogP contribution in [-0.2, 0) is 0 Å². The molecule has 0 saturated heterocycles. The van der Waals surface area contributed by atoms with Crippen LogP contribution in [0.2, 0.25) is 5.02 Å². The van der Waals surface area contributed by atoms with E-state index in [9.17, 15) is 22.8 Å². The van der Waals surface area contributed by atoms with Gasteiger partial charge < -0.3 is 9.67 Å². The Bertz CT molecular complexity index is 1060. The molecule has 4 nitrogen and oxygen atoms in total. The van der Waals surface area contributed by atoms with E-state index in [1.807, 2.05) is 0 Å². The molecule has 0 bridgehead atoms. The zero-order valence-electron chi connectivity index (χ0n) is 11.7. The van der Waals surface area contributed by atoms with Crippen molar-refractivity contribution in [2.24, 2.45) is 0 Å². The van der Waals surface area contributed by atoms with Gasteiger partial charge in [-0.3, -0.25) is 4.79 Å². The molecule has 0 radical (unpaired) electrons. The summed E-state index contributed by atoms with van der Waals surface area (Å²) in [5.41, 5.74) is -1.50. The molecule has 0 aliphatic heterocycles. The Morgan fingerprint density at radius 1 is 1.04 bits per heavy atom. The van der Waals surface area contributed by atoms with Crippen LogP contribution in [0, 0.1) is 17.5 Å². The molecule has 0 spiro atoms. The lowest BCUT2D eigenvalue weighted by molar-refractivity contribution is 0.0695. The molecule has 1 aromatic heterocycles. The molecule has 122 valence electrons. The summed E-state index contributed by atoms with van der Waals surface area (Å²) < 4.78 is 41.5. The highest BCUT2D eigenvalue weighted by molar-refractivity contribution is 6.30. The smallest absolute Gasteiger partial charge is 0.341 e. The van der Waals surface area contributed by atoms with Crippen LogP contribution in [-0.4, -0.2) is 15.6 Å². The fourth-order valence-corrected chi connectivity index (χ4v) is 2.50. The average molecular weight is 354 g/mol. The number of aromatic nitrogens is 1. The predicted octanol–water partition coefficient (Wildman–Crippen LogP) is 3.76. The number of pyridine rings is 1. The number of fused-ring (bicyclic) bond motifs is 1. The first kappa shape index (κ1) is 16.1. The van der Waals surface area contributed by atoms with Gasteiger partial charge in [-0.2, -0.15) is 0 Å². The van der Waals surface area contributed by atoms with Gasteiger partial charge in [-0.25, -0.2) is 18.0 Å². The van der Waals surface area contributed by atoms with Crippen molar-refractivity contribution in [1.29, 1.82) is 0 Å². The van der Waals surface area contributed by atoms with Crippen LogP contribution in [0.4, 0.5) is 13.2 Å². The summed E-state index contributed by atoms with van der Waals surface area (Å²) in [6, 6.07) is 4.85. The van der Waals surface area contributed by atoms with E-state index in [0.717, 1.165) is 22.9 Å². The van der Waals surface area contributed by atoms with Crippen molar-refractivity contribution in [3.63, 3.8) is 0 Å². The summed E-state index contributed by atoms with van der Waals surface area (Å²) in [5, 5.41) is 8.58. The number of halogens is 4. The van der Waals surface area contributed by atoms with Gasteiger partial charge in [0.2, 0.25) is 5.43 Å². The lowest BCUT2D eigenvalue weighted by atomic mass is 10.1. The van der Waals surface area contributed by atoms with Gasteiger partial charge in [0.1, 0.15) is 11.4 Å². The van der Waals surface area contributed by atoms with E-state index >= 15 is 0 Å². The van der Waals surface area contributed by atoms with E-state index in [4.69, 9.17) is 16.7 Å². The highest BCUT2D eigenvalue weighted by Gasteiger charge is 2.18. The van der Waals surface area contributed by atoms with Crippen LogP contribution in [0.5, 0.6) is 0 Å². The normalized spacial score (nSPS) is 11.0. The Hall–Kier alpha value is -2.80. The van der Waals surface area contributed by atoms with E-state index in [1.165, 1.54) is 12.1 Å². The third-order valence-electron chi connectivity index (χ3n) is 3.46. The SMILES string of the molecule is O=C(O)c1cn(-c2ccc(F)c(Cl)c2)c2cc(F)c(F)cc2c1=O. The average Bonchev–Trinajstić information content (AvgIpc) is 2.52. The molecule has 3 rings (SSSR count). The van der Waals surface area contributed by atoms with Crippen LogP contribution in [0.25, 0.3) is 16.6 Å². The molecule has 0 unspecified atom stereocenters. The van der Waals surface area contributed by atoms with Crippen molar-refractivity contribution in [3.05, 3.63) is 74.8 Å². The van der Waals surface area contributed by atoms with E-state index < -0.39 is 34.4 Å². The third-order valence-corrected chi connectivity index (χ3v) is 3.75. The summed E-state index contributed by atoms with van der Waals surface area (Å²) in [5.74, 6) is -4.74. The molecule has 1 N–H and O–H groups in total. The fraction of sp³-hybridized carbons (Fsp3) is 0. The van der Waals surface area contributed by atoms with Gasteiger partial charge >= 0.3 is 5.97 Å². The number of rotatable bonds is 2. The monoisotopic (exact) mass is 353 g/mol. The number of carbonyl (C=O) groups is 1. The second-order valence-electron chi connectivity index (χ2n) is 4.93. The van der Waals surface area contributed by atoms with Gasteiger partial charge in [-0.05, 0) is 24.3 Å². The molecule has 0 fully saturated rings. The number of hydrogen-bond donors (Lipinski definition) is 1. The predicted molar refractivity (Wildman–Crippen MR) is 81.4 cm³/mol. The maximum atomic E-state index is 13.6. The van der Waals surface area contributed by atoms with Crippen molar-refractivity contribution < 1.29 is 23.1 Å². The first-order valence-corrected chi connectivity index (χ1v) is 6.90. The van der Waals surface area contributed by atoms with Crippen molar-refractivity contribution in [2.45, 2.75) is 0 Å². The molecule has 0 aliphatic rings. The van der Waals surface area contributed by atoms with Crippen LogP contribution in [0.15, 0.2) is 41.3 Å². The number of aromatic carboxylic acids is 1. The van der Waals surface area contributed by atoms with Crippen molar-refractivity contribution in [3.8, 4) is 5.69 Å². The largest absolute Gasteiger partial charge is 0.477 e. The molecule has 8 heteroatoms. The van der Waals surface area contributed by atoms with Crippen LogP contribution >= 0.6 is 11.6 Å². The van der Waals surface area contributed by atoms with Gasteiger partial charge in [-0.1, -0.05) is 11.6 Å². The Balaban J connectivity index is 2.47. The van der Waals surface area contributed by atoms with E-state index in [1.54, 1.807) is 0 Å². The molecule has 1 heterocycles. The quantitative estimate of drug-likeness (QED) is 0.763. The molecule has 0 amide bonds. The Labute approximate surface area is 137 Å². The second-order valence-corrected chi connectivity index (χ2v) is 5.34. The van der Waals surface area contributed by atoms with Gasteiger partial charge in [0.15, 0.2) is 11.6 Å². The lowest BCUT2D eigenvalue weighted by Crippen LogP contribution is -2.19. The van der Waals surface area contributed by atoms with E-state index in [-0.39, 0.29) is 21.6 Å². The summed E-state index contributed by atoms with van der Waals surface area (Å²) in [7, 11) is 0. The zero-order valence-corrected chi connectivity index (χ0v) is 12.4. The zero-order chi connectivity index (χ0) is 17.6. The maximum Gasteiger partial charge on any atom is 0.341 e. The van der Waals surface area contributed by atoms with Gasteiger partial charge in [-0.15, -0.1) is 0 Å². The Kier molecular flexibility index (Phi) is 3.81. The van der Waals surface area contributed by atoms with Crippen molar-refractivity contribution >= 4 is 28.5 Å². The van der Waals surface area contributed by atoms with Crippen LogP contribution in [0.3, 0.4) is 0 Å². The maximum absolute atomic E-state index is 13.6. The van der Waals surface area contributed by atoms with E-state index in [2.05, 4.69) is 0 Å². The molecule has 0 saturated carbocycles. The number of carboxylic acids is 1. The molecule has 3 aromatic rings. The van der Waals surface area contributed by atoms with Crippen LogP contribution in [0.1, 0.15) is 10.4 Å². The molecule has 0 atom stereocenters. The Morgan fingerprint density at radius 2 is 1.71 bits per heavy atom.